The number of thiazole rings is 1. The van der Waals surface area contributed by atoms with Gasteiger partial charge in [0.05, 0.1) is 12.1 Å². The molecule has 0 aliphatic rings. The van der Waals surface area contributed by atoms with Crippen molar-refractivity contribution in [3.05, 3.63) is 58.6 Å². The van der Waals surface area contributed by atoms with Crippen LogP contribution in [0.4, 0.5) is 5.13 Å². The molecule has 3 rings (SSSR count). The number of nitrogens with zero attached hydrogens (tertiary/aromatic N) is 1. The number of fused-ring (bicyclic) bond motifs is 1. The number of rotatable bonds is 3. The van der Waals surface area contributed by atoms with Crippen molar-refractivity contribution in [1.82, 2.24) is 4.98 Å². The molecule has 4 heteroatoms. The summed E-state index contributed by atoms with van der Waals surface area (Å²) in [6.07, 6.45) is 0.360. The van der Waals surface area contributed by atoms with Gasteiger partial charge in [0.1, 0.15) is 0 Å². The molecule has 0 aliphatic carbocycles. The number of aromatic nitrogens is 1. The SMILES string of the molecule is Cc1nc(NC(=O)Cc2cccc3ccccc23)sc1C. The second-order valence-corrected chi connectivity index (χ2v) is 6.23. The van der Waals surface area contributed by atoms with E-state index in [4.69, 9.17) is 0 Å². The second kappa shape index (κ2) is 5.66. The zero-order valence-electron chi connectivity index (χ0n) is 12.0. The van der Waals surface area contributed by atoms with Gasteiger partial charge in [-0.15, -0.1) is 11.3 Å². The Kier molecular flexibility index (Phi) is 3.71. The van der Waals surface area contributed by atoms with Crippen LogP contribution in [0.1, 0.15) is 16.1 Å². The van der Waals surface area contributed by atoms with Gasteiger partial charge in [-0.25, -0.2) is 4.98 Å². The number of hydrogen-bond acceptors (Lipinski definition) is 3. The molecular weight excluding hydrogens is 280 g/mol. The Balaban J connectivity index is 1.80. The van der Waals surface area contributed by atoms with E-state index in [1.807, 2.05) is 38.1 Å². The van der Waals surface area contributed by atoms with Crippen LogP contribution >= 0.6 is 11.3 Å². The number of benzene rings is 2. The highest BCUT2D eigenvalue weighted by molar-refractivity contribution is 7.15. The molecule has 106 valence electrons. The van der Waals surface area contributed by atoms with Gasteiger partial charge in [-0.1, -0.05) is 42.5 Å². The molecule has 0 saturated heterocycles. The molecule has 0 saturated carbocycles. The molecule has 21 heavy (non-hydrogen) atoms. The van der Waals surface area contributed by atoms with Crippen LogP contribution < -0.4 is 5.32 Å². The number of amides is 1. The third-order valence-corrected chi connectivity index (χ3v) is 4.49. The zero-order valence-corrected chi connectivity index (χ0v) is 12.8. The predicted molar refractivity (Wildman–Crippen MR) is 87.9 cm³/mol. The lowest BCUT2D eigenvalue weighted by atomic mass is 10.0. The largest absolute Gasteiger partial charge is 0.302 e. The fourth-order valence-corrected chi connectivity index (χ4v) is 3.14. The fraction of sp³-hybridized carbons (Fsp3) is 0.176. The maximum Gasteiger partial charge on any atom is 0.230 e. The minimum absolute atomic E-state index is 0.0277. The number of anilines is 1. The summed E-state index contributed by atoms with van der Waals surface area (Å²) in [5.74, 6) is -0.0277. The van der Waals surface area contributed by atoms with Crippen molar-refractivity contribution in [2.75, 3.05) is 5.32 Å². The van der Waals surface area contributed by atoms with Gasteiger partial charge in [0.25, 0.3) is 0 Å². The van der Waals surface area contributed by atoms with E-state index in [9.17, 15) is 4.79 Å². The molecule has 0 aliphatic heterocycles. The molecule has 1 amide bonds. The lowest BCUT2D eigenvalue weighted by Crippen LogP contribution is -2.14. The highest BCUT2D eigenvalue weighted by atomic mass is 32.1. The van der Waals surface area contributed by atoms with Gasteiger partial charge in [0.2, 0.25) is 5.91 Å². The van der Waals surface area contributed by atoms with Crippen LogP contribution in [0.3, 0.4) is 0 Å². The third kappa shape index (κ3) is 2.95. The first kappa shape index (κ1) is 13.8. The van der Waals surface area contributed by atoms with Gasteiger partial charge >= 0.3 is 0 Å². The summed E-state index contributed by atoms with van der Waals surface area (Å²) in [4.78, 5) is 17.7. The van der Waals surface area contributed by atoms with Crippen molar-refractivity contribution in [1.29, 1.82) is 0 Å². The molecule has 0 spiro atoms. The van der Waals surface area contributed by atoms with Crippen LogP contribution in [-0.2, 0) is 11.2 Å². The first-order chi connectivity index (χ1) is 10.1. The van der Waals surface area contributed by atoms with Crippen LogP contribution in [0.5, 0.6) is 0 Å². The van der Waals surface area contributed by atoms with Crippen molar-refractivity contribution >= 4 is 33.1 Å². The van der Waals surface area contributed by atoms with E-state index in [0.29, 0.717) is 11.6 Å². The molecule has 0 atom stereocenters. The van der Waals surface area contributed by atoms with Gasteiger partial charge in [-0.05, 0) is 30.2 Å². The van der Waals surface area contributed by atoms with Gasteiger partial charge in [-0.2, -0.15) is 0 Å². The summed E-state index contributed by atoms with van der Waals surface area (Å²) in [5.41, 5.74) is 2.01. The second-order valence-electron chi connectivity index (χ2n) is 5.02. The van der Waals surface area contributed by atoms with Crippen molar-refractivity contribution in [3.8, 4) is 0 Å². The minimum atomic E-state index is -0.0277. The predicted octanol–water partition coefficient (Wildman–Crippen LogP) is 4.09. The molecule has 3 nitrogen and oxygen atoms in total. The van der Waals surface area contributed by atoms with Crippen LogP contribution in [0.15, 0.2) is 42.5 Å². The highest BCUT2D eigenvalue weighted by Gasteiger charge is 2.10. The first-order valence-corrected chi connectivity index (χ1v) is 7.65. The normalized spacial score (nSPS) is 10.8. The van der Waals surface area contributed by atoms with Crippen LogP contribution in [-0.4, -0.2) is 10.9 Å². The van der Waals surface area contributed by atoms with Gasteiger partial charge in [-0.3, -0.25) is 4.79 Å². The maximum atomic E-state index is 12.2. The van der Waals surface area contributed by atoms with E-state index in [0.717, 1.165) is 26.9 Å². The number of carbonyl (C=O) groups is 1. The molecule has 1 heterocycles. The van der Waals surface area contributed by atoms with E-state index in [-0.39, 0.29) is 5.91 Å². The topological polar surface area (TPSA) is 42.0 Å². The monoisotopic (exact) mass is 296 g/mol. The van der Waals surface area contributed by atoms with Gasteiger partial charge < -0.3 is 5.32 Å². The lowest BCUT2D eigenvalue weighted by molar-refractivity contribution is -0.115. The molecule has 1 aromatic heterocycles. The smallest absolute Gasteiger partial charge is 0.230 e. The van der Waals surface area contributed by atoms with Crippen molar-refractivity contribution < 1.29 is 4.79 Å². The van der Waals surface area contributed by atoms with E-state index in [1.54, 1.807) is 0 Å². The van der Waals surface area contributed by atoms with E-state index >= 15 is 0 Å². The molecule has 0 unspecified atom stereocenters. The quantitative estimate of drug-likeness (QED) is 0.791. The Hall–Kier alpha value is -2.20. The van der Waals surface area contributed by atoms with Crippen LogP contribution in [0, 0.1) is 13.8 Å². The van der Waals surface area contributed by atoms with Crippen LogP contribution in [0.25, 0.3) is 10.8 Å². The van der Waals surface area contributed by atoms with Crippen LogP contribution in [0.2, 0.25) is 0 Å². The average molecular weight is 296 g/mol. The standard InChI is InChI=1S/C17H16N2OS/c1-11-12(2)21-17(18-11)19-16(20)10-14-8-5-7-13-6-3-4-9-15(13)14/h3-9H,10H2,1-2H3,(H,18,19,20). The summed E-state index contributed by atoms with van der Waals surface area (Å²) in [7, 11) is 0. The minimum Gasteiger partial charge on any atom is -0.302 e. The van der Waals surface area contributed by atoms with Gasteiger partial charge in [0, 0.05) is 4.88 Å². The first-order valence-electron chi connectivity index (χ1n) is 6.84. The maximum absolute atomic E-state index is 12.2. The number of carbonyl (C=O) groups excluding carboxylic acids is 1. The van der Waals surface area contributed by atoms with E-state index < -0.39 is 0 Å². The highest BCUT2D eigenvalue weighted by Crippen LogP contribution is 2.22. The molecule has 1 N–H and O–H groups in total. The molecule has 0 radical (unpaired) electrons. The van der Waals surface area contributed by atoms with E-state index in [1.165, 1.54) is 11.3 Å². The third-order valence-electron chi connectivity index (χ3n) is 3.51. The number of aryl methyl sites for hydroxylation is 2. The Labute approximate surface area is 127 Å². The van der Waals surface area contributed by atoms with Gasteiger partial charge in [0.15, 0.2) is 5.13 Å². The Morgan fingerprint density at radius 2 is 1.90 bits per heavy atom. The van der Waals surface area contributed by atoms with Crippen molar-refractivity contribution in [2.24, 2.45) is 0 Å². The zero-order chi connectivity index (χ0) is 14.8. The van der Waals surface area contributed by atoms with Crippen molar-refractivity contribution in [3.63, 3.8) is 0 Å². The Bertz CT molecular complexity index is 783. The van der Waals surface area contributed by atoms with Crippen molar-refractivity contribution in [2.45, 2.75) is 20.3 Å². The lowest BCUT2D eigenvalue weighted by Gasteiger charge is -2.06. The summed E-state index contributed by atoms with van der Waals surface area (Å²) < 4.78 is 0. The number of nitrogens with one attached hydrogen (secondary N) is 1. The Morgan fingerprint density at radius 3 is 2.67 bits per heavy atom. The van der Waals surface area contributed by atoms with E-state index in [2.05, 4.69) is 28.5 Å². The average Bonchev–Trinajstić information content (AvgIpc) is 2.77. The summed E-state index contributed by atoms with van der Waals surface area (Å²) in [5, 5.41) is 5.84. The molecule has 3 aromatic rings. The molecule has 2 aromatic carbocycles. The molecule has 0 bridgehead atoms. The summed E-state index contributed by atoms with van der Waals surface area (Å²) in [6, 6.07) is 14.2. The summed E-state index contributed by atoms with van der Waals surface area (Å²) in [6.45, 7) is 3.96. The fourth-order valence-electron chi connectivity index (χ4n) is 2.31. The number of hydrogen-bond donors (Lipinski definition) is 1. The Morgan fingerprint density at radius 1 is 1.14 bits per heavy atom. The molecular formula is C17H16N2OS. The summed E-state index contributed by atoms with van der Waals surface area (Å²) >= 11 is 1.51. The molecule has 0 fully saturated rings.